The Morgan fingerprint density at radius 1 is 0.347 bits per heavy atom. The van der Waals surface area contributed by atoms with Crippen LogP contribution in [0, 0.1) is 10.8 Å². The Labute approximate surface area is 329 Å². The summed E-state index contributed by atoms with van der Waals surface area (Å²) in [6.45, 7) is 0. The summed E-state index contributed by atoms with van der Waals surface area (Å²) in [5.74, 6) is 0. The molecule has 4 aromatic rings. The van der Waals surface area contributed by atoms with Crippen molar-refractivity contribution in [3.05, 3.63) is 179 Å². The quantitative estimate of drug-likeness (QED) is 0.115. The third-order valence-corrected chi connectivity index (χ3v) is 7.14. The molecule has 2 aliphatic carbocycles. The Kier molecular flexibility index (Phi) is 19.1. The van der Waals surface area contributed by atoms with E-state index in [0.29, 0.717) is 11.4 Å². The van der Waals surface area contributed by atoms with Gasteiger partial charge in [-0.3, -0.25) is 0 Å². The van der Waals surface area contributed by atoms with E-state index in [1.807, 2.05) is 121 Å². The van der Waals surface area contributed by atoms with Gasteiger partial charge in [0.25, 0.3) is 0 Å². The van der Waals surface area contributed by atoms with Gasteiger partial charge in [0, 0.05) is 22.7 Å². The first-order chi connectivity index (χ1) is 21.3. The van der Waals surface area contributed by atoms with E-state index in [1.165, 1.54) is 0 Å². The number of nitrogens with two attached hydrogens (primary N) is 4. The maximum absolute atomic E-state index is 7.66. The molecule has 0 heterocycles. The van der Waals surface area contributed by atoms with E-state index < -0.39 is 0 Å². The number of halogens is 4. The smallest absolute Gasteiger partial charge is 1.00 e. The van der Waals surface area contributed by atoms with Crippen LogP contribution >= 0.6 is 0 Å². The van der Waals surface area contributed by atoms with Crippen molar-refractivity contribution in [1.29, 1.82) is 10.8 Å². The topological polar surface area (TPSA) is 152 Å². The third kappa shape index (κ3) is 12.0. The Bertz CT molecular complexity index is 1630. The second-order valence-electron chi connectivity index (χ2n) is 10.4. The fraction of sp³-hybridized carbons (Fsp3) is 0. The van der Waals surface area contributed by atoms with Crippen molar-refractivity contribution < 1.29 is 73.5 Å². The van der Waals surface area contributed by atoms with Crippen molar-refractivity contribution in [2.24, 2.45) is 0 Å². The molecule has 0 aliphatic heterocycles. The van der Waals surface area contributed by atoms with Crippen LogP contribution in [0.25, 0.3) is 11.1 Å². The molecule has 6 rings (SSSR count). The Morgan fingerprint density at radius 2 is 0.531 bits per heavy atom. The van der Waals surface area contributed by atoms with Crippen LogP contribution in [0.3, 0.4) is 0 Å². The average Bonchev–Trinajstić information content (AvgIpc) is 3.03. The molecule has 0 spiro atoms. The molecule has 4 aromatic carbocycles. The molecule has 2 aliphatic rings. The molecule has 49 heavy (non-hydrogen) atoms. The average molecular weight is 914 g/mol. The first-order valence-electron chi connectivity index (χ1n) is 14.1. The molecule has 0 saturated carbocycles. The minimum Gasteiger partial charge on any atom is -1.00 e. The zero-order valence-corrected chi connectivity index (χ0v) is 31.3. The van der Waals surface area contributed by atoms with Crippen LogP contribution in [-0.4, -0.2) is 11.4 Å². The van der Waals surface area contributed by atoms with Crippen LogP contribution in [0.4, 0.5) is 22.7 Å². The number of nitrogens with one attached hydrogen (secondary N) is 2. The van der Waals surface area contributed by atoms with Crippen LogP contribution in [0.15, 0.2) is 157 Å². The summed E-state index contributed by atoms with van der Waals surface area (Å²) in [5.41, 5.74) is 35.8. The summed E-state index contributed by atoms with van der Waals surface area (Å²) in [5, 5.41) is 15.3. The summed E-state index contributed by atoms with van der Waals surface area (Å²) < 4.78 is 0. The third-order valence-electron chi connectivity index (χ3n) is 7.14. The molecule has 0 amide bonds. The number of hydrogen-bond donors (Lipinski definition) is 6. The van der Waals surface area contributed by atoms with Crippen LogP contribution in [0.5, 0.6) is 0 Å². The predicted molar refractivity (Wildman–Crippen MR) is 190 cm³/mol. The summed E-state index contributed by atoms with van der Waals surface area (Å²) in [7, 11) is 0. The van der Waals surface area contributed by atoms with Gasteiger partial charge in [0.2, 0.25) is 0 Å². The summed E-state index contributed by atoms with van der Waals surface area (Å²) in [4.78, 5) is 0. The second-order valence-corrected chi connectivity index (χ2v) is 10.4. The van der Waals surface area contributed by atoms with Crippen LogP contribution in [-0.2, 0) is 21.1 Å². The van der Waals surface area contributed by atoms with Gasteiger partial charge in [-0.15, -0.1) is 0 Å². The maximum atomic E-state index is 7.66. The van der Waals surface area contributed by atoms with E-state index in [4.69, 9.17) is 33.8 Å². The van der Waals surface area contributed by atoms with Gasteiger partial charge in [-0.25, -0.2) is 0 Å². The zero-order valence-electron chi connectivity index (χ0n) is 28.0. The molecular weight excluding hydrogens is 877 g/mol. The first kappa shape index (κ1) is 44.7. The fourth-order valence-electron chi connectivity index (χ4n) is 4.87. The van der Waals surface area contributed by atoms with E-state index in [0.717, 1.165) is 67.3 Å². The van der Waals surface area contributed by atoms with Gasteiger partial charge in [0.15, 0.2) is 0 Å². The van der Waals surface area contributed by atoms with E-state index in [2.05, 4.69) is 0 Å². The molecule has 256 valence electrons. The van der Waals surface area contributed by atoms with E-state index in [9.17, 15) is 0 Å². The molecule has 0 fully saturated rings. The summed E-state index contributed by atoms with van der Waals surface area (Å²) >= 11 is 0. The number of hydrogen-bond acceptors (Lipinski definition) is 6. The monoisotopic (exact) mass is 911 g/mol. The fourth-order valence-corrected chi connectivity index (χ4v) is 4.87. The van der Waals surface area contributed by atoms with Crippen molar-refractivity contribution >= 4 is 45.3 Å². The predicted octanol–water partition coefficient (Wildman–Crippen LogP) is -4.16. The molecule has 0 bridgehead atoms. The van der Waals surface area contributed by atoms with Crippen molar-refractivity contribution in [2.45, 2.75) is 0 Å². The van der Waals surface area contributed by atoms with E-state index >= 15 is 0 Å². The number of anilines is 4. The van der Waals surface area contributed by atoms with Gasteiger partial charge >= 0.3 is 23.9 Å². The summed E-state index contributed by atoms with van der Waals surface area (Å²) in [6, 6.07) is 31.2. The van der Waals surface area contributed by atoms with Gasteiger partial charge in [-0.05, 0) is 117 Å². The Morgan fingerprint density at radius 3 is 0.714 bits per heavy atom. The van der Waals surface area contributed by atoms with Crippen molar-refractivity contribution in [3.8, 4) is 0 Å². The number of nitrogen functional groups attached to an aromatic ring is 4. The second kappa shape index (κ2) is 20.9. The first-order valence-corrected chi connectivity index (χ1v) is 14.1. The van der Waals surface area contributed by atoms with Crippen LogP contribution in [0.2, 0.25) is 0 Å². The summed E-state index contributed by atoms with van der Waals surface area (Å²) in [6.07, 6.45) is 15.0. The normalized spacial score (nSPS) is 12.1. The van der Waals surface area contributed by atoms with E-state index in [1.54, 1.807) is 24.3 Å². The molecule has 10 N–H and O–H groups in total. The van der Waals surface area contributed by atoms with Crippen molar-refractivity contribution in [2.75, 3.05) is 22.9 Å². The minimum absolute atomic E-state index is 0. The molecule has 6 nitrogen and oxygen atoms in total. The van der Waals surface area contributed by atoms with Gasteiger partial charge in [-0.2, -0.15) is 0 Å². The molecule has 0 saturated heterocycles. The molecule has 0 unspecified atom stereocenters. The molecule has 0 aromatic heterocycles. The maximum Gasteiger partial charge on any atom is 2.00 e. The van der Waals surface area contributed by atoms with Crippen molar-refractivity contribution in [3.63, 3.8) is 0 Å². The van der Waals surface area contributed by atoms with Gasteiger partial charge in [0.1, 0.15) is 0 Å². The SMILES string of the molecule is N=C1C=CC(=C(c2ccc(N)cc2)c2ccc(N)cc2)C=C1.N=C1C=CC(=C(c2ccc(N)cc2)c2ccc(N)cc2)C=C1.[Cl-].[Cl-].[Cl-].[Cl-].[H+].[H+].[Pt+2]. The van der Waals surface area contributed by atoms with Gasteiger partial charge in [-0.1, -0.05) is 72.8 Å². The largest absolute Gasteiger partial charge is 2.00 e. The van der Waals surface area contributed by atoms with E-state index in [-0.39, 0.29) is 73.5 Å². The standard InChI is InChI=1S/2C19H17N3.4ClH.Pt/c2*20-16-7-1-13(2-8-16)19(14-3-9-17(21)10-4-14)15-5-11-18(22)12-6-15;;;;;/h2*1-12,20H,21-22H2;4*1H;/q;;;;;;+2/p-2. The molecular formula is C38H36Cl4N6Pt. The number of rotatable bonds is 4. The van der Waals surface area contributed by atoms with Gasteiger partial charge < -0.3 is 83.4 Å². The van der Waals surface area contributed by atoms with Gasteiger partial charge in [0.05, 0.1) is 11.4 Å². The van der Waals surface area contributed by atoms with Crippen LogP contribution in [0.1, 0.15) is 25.1 Å². The minimum atomic E-state index is 0. The molecule has 11 heteroatoms. The Balaban J connectivity index is -0.000000794. The number of allylic oxidation sites excluding steroid dienone is 10. The molecule has 0 atom stereocenters. The zero-order chi connectivity index (χ0) is 31.1. The Hall–Kier alpha value is -4.29. The molecule has 0 radical (unpaired) electrons. The van der Waals surface area contributed by atoms with Crippen LogP contribution < -0.4 is 72.6 Å². The number of benzene rings is 4. The van der Waals surface area contributed by atoms with Crippen molar-refractivity contribution in [1.82, 2.24) is 0 Å².